The molecule has 10 heteroatoms. The van der Waals surface area contributed by atoms with Crippen LogP contribution in [-0.2, 0) is 11.4 Å². The smallest absolute Gasteiger partial charge is 0.250 e. The summed E-state index contributed by atoms with van der Waals surface area (Å²) in [4.78, 5) is 12.2. The summed E-state index contributed by atoms with van der Waals surface area (Å²) < 4.78 is 13.4. The van der Waals surface area contributed by atoms with Crippen LogP contribution in [0.5, 0.6) is 11.5 Å². The van der Waals surface area contributed by atoms with E-state index < -0.39 is 0 Å². The Kier molecular flexibility index (Phi) is 9.48. The van der Waals surface area contributed by atoms with Gasteiger partial charge in [0.05, 0.1) is 18.6 Å². The average molecular weight is 584 g/mol. The molecule has 0 saturated carbocycles. The van der Waals surface area contributed by atoms with E-state index in [1.54, 1.807) is 6.21 Å². The molecule has 1 amide bonds. The standard InChI is InChI=1S/C26H23BrN4O3S2/c1-2-33-23-14-19(10-13-22(23)34-16-18-8-11-21(27)12-9-18)15-28-29-24(32)17-35-26-31-30-25(36-26)20-6-4-3-5-7-20/h3-15H,2,16-17H2,1H3,(H,29,32). The Labute approximate surface area is 226 Å². The number of aromatic nitrogens is 2. The first-order valence-corrected chi connectivity index (χ1v) is 13.7. The number of carbonyl (C=O) groups excluding carboxylic acids is 1. The lowest BCUT2D eigenvalue weighted by Gasteiger charge is -2.12. The lowest BCUT2D eigenvalue weighted by Crippen LogP contribution is -2.19. The van der Waals surface area contributed by atoms with Gasteiger partial charge in [-0.25, -0.2) is 5.43 Å². The van der Waals surface area contributed by atoms with Crippen molar-refractivity contribution in [1.82, 2.24) is 15.6 Å². The molecular weight excluding hydrogens is 560 g/mol. The van der Waals surface area contributed by atoms with Gasteiger partial charge in [-0.1, -0.05) is 81.5 Å². The van der Waals surface area contributed by atoms with E-state index in [9.17, 15) is 4.79 Å². The number of amides is 1. The summed E-state index contributed by atoms with van der Waals surface area (Å²) in [6.07, 6.45) is 1.57. The molecule has 0 aliphatic heterocycles. The van der Waals surface area contributed by atoms with Crippen LogP contribution in [0.3, 0.4) is 0 Å². The maximum atomic E-state index is 12.2. The zero-order valence-electron chi connectivity index (χ0n) is 19.4. The SMILES string of the molecule is CCOc1cc(C=NNC(=O)CSc2nnc(-c3ccccc3)s2)ccc1OCc1ccc(Br)cc1. The van der Waals surface area contributed by atoms with Crippen molar-refractivity contribution in [3.63, 3.8) is 0 Å². The third-order valence-electron chi connectivity index (χ3n) is 4.73. The van der Waals surface area contributed by atoms with E-state index in [4.69, 9.17) is 9.47 Å². The second-order valence-corrected chi connectivity index (χ2v) is 10.5. The van der Waals surface area contributed by atoms with Gasteiger partial charge in [-0.3, -0.25) is 4.79 Å². The molecular formula is C26H23BrN4O3S2. The number of rotatable bonds is 11. The fourth-order valence-corrected chi connectivity index (χ4v) is 4.95. The fraction of sp³-hybridized carbons (Fsp3) is 0.154. The van der Waals surface area contributed by atoms with Crippen LogP contribution in [0.1, 0.15) is 18.1 Å². The monoisotopic (exact) mass is 582 g/mol. The molecule has 36 heavy (non-hydrogen) atoms. The lowest BCUT2D eigenvalue weighted by atomic mass is 10.2. The van der Waals surface area contributed by atoms with Gasteiger partial charge in [-0.05, 0) is 48.4 Å². The van der Waals surface area contributed by atoms with Gasteiger partial charge in [0.15, 0.2) is 15.8 Å². The molecule has 0 unspecified atom stereocenters. The number of ether oxygens (including phenoxy) is 2. The molecule has 184 valence electrons. The highest BCUT2D eigenvalue weighted by Crippen LogP contribution is 2.30. The van der Waals surface area contributed by atoms with Crippen LogP contribution < -0.4 is 14.9 Å². The van der Waals surface area contributed by atoms with Crippen molar-refractivity contribution >= 4 is 51.2 Å². The van der Waals surface area contributed by atoms with Gasteiger partial charge in [-0.15, -0.1) is 10.2 Å². The largest absolute Gasteiger partial charge is 0.490 e. The number of hydrogen-bond acceptors (Lipinski definition) is 8. The summed E-state index contributed by atoms with van der Waals surface area (Å²) in [5.74, 6) is 1.22. The van der Waals surface area contributed by atoms with Gasteiger partial charge in [0, 0.05) is 10.0 Å². The second-order valence-electron chi connectivity index (χ2n) is 7.38. The molecule has 4 rings (SSSR count). The summed E-state index contributed by atoms with van der Waals surface area (Å²) in [5.41, 5.74) is 5.38. The third kappa shape index (κ3) is 7.64. The number of nitrogens with zero attached hydrogens (tertiary/aromatic N) is 3. The van der Waals surface area contributed by atoms with E-state index in [0.29, 0.717) is 24.7 Å². The number of hydrogen-bond donors (Lipinski definition) is 1. The summed E-state index contributed by atoms with van der Waals surface area (Å²) in [6.45, 7) is 2.84. The van der Waals surface area contributed by atoms with E-state index >= 15 is 0 Å². The van der Waals surface area contributed by atoms with Gasteiger partial charge < -0.3 is 9.47 Å². The molecule has 0 aliphatic carbocycles. The number of nitrogens with one attached hydrogen (secondary N) is 1. The van der Waals surface area contributed by atoms with Crippen LogP contribution >= 0.6 is 39.0 Å². The molecule has 0 atom stereocenters. The first-order chi connectivity index (χ1) is 17.6. The minimum atomic E-state index is -0.229. The van der Waals surface area contributed by atoms with Crippen LogP contribution in [0.2, 0.25) is 0 Å². The maximum absolute atomic E-state index is 12.2. The van der Waals surface area contributed by atoms with Crippen LogP contribution in [-0.4, -0.2) is 34.7 Å². The zero-order chi connectivity index (χ0) is 25.2. The Morgan fingerprint density at radius 2 is 1.86 bits per heavy atom. The number of carbonyl (C=O) groups is 1. The number of thioether (sulfide) groups is 1. The summed E-state index contributed by atoms with van der Waals surface area (Å²) in [7, 11) is 0. The Bertz CT molecular complexity index is 1310. The Hall–Kier alpha value is -3.21. The Morgan fingerprint density at radius 3 is 2.64 bits per heavy atom. The second kappa shape index (κ2) is 13.2. The lowest BCUT2D eigenvalue weighted by molar-refractivity contribution is -0.118. The molecule has 1 aromatic heterocycles. The predicted molar refractivity (Wildman–Crippen MR) is 148 cm³/mol. The van der Waals surface area contributed by atoms with Gasteiger partial charge in [0.1, 0.15) is 11.6 Å². The molecule has 1 N–H and O–H groups in total. The molecule has 0 radical (unpaired) electrons. The van der Waals surface area contributed by atoms with Crippen molar-refractivity contribution in [2.75, 3.05) is 12.4 Å². The normalized spacial score (nSPS) is 10.9. The van der Waals surface area contributed by atoms with Crippen LogP contribution in [0.25, 0.3) is 10.6 Å². The molecule has 0 bridgehead atoms. The molecule has 7 nitrogen and oxygen atoms in total. The van der Waals surface area contributed by atoms with Gasteiger partial charge in [-0.2, -0.15) is 5.10 Å². The molecule has 4 aromatic rings. The highest BCUT2D eigenvalue weighted by Gasteiger charge is 2.10. The van der Waals surface area contributed by atoms with Gasteiger partial charge in [0.2, 0.25) is 0 Å². The quantitative estimate of drug-likeness (QED) is 0.129. The van der Waals surface area contributed by atoms with E-state index in [2.05, 4.69) is 36.7 Å². The highest BCUT2D eigenvalue weighted by atomic mass is 79.9. The Balaban J connectivity index is 1.28. The zero-order valence-corrected chi connectivity index (χ0v) is 22.6. The van der Waals surface area contributed by atoms with Gasteiger partial charge in [0.25, 0.3) is 5.91 Å². The van der Waals surface area contributed by atoms with Crippen molar-refractivity contribution in [2.45, 2.75) is 17.9 Å². The first kappa shape index (κ1) is 25.9. The fourth-order valence-electron chi connectivity index (χ4n) is 3.04. The van der Waals surface area contributed by atoms with Crippen LogP contribution in [0.4, 0.5) is 0 Å². The van der Waals surface area contributed by atoms with E-state index in [1.807, 2.05) is 79.7 Å². The van der Waals surface area contributed by atoms with Crippen molar-refractivity contribution in [3.8, 4) is 22.1 Å². The molecule has 3 aromatic carbocycles. The topological polar surface area (TPSA) is 85.7 Å². The van der Waals surface area contributed by atoms with Crippen LogP contribution in [0, 0.1) is 0 Å². The first-order valence-electron chi connectivity index (χ1n) is 11.1. The van der Waals surface area contributed by atoms with Gasteiger partial charge >= 0.3 is 0 Å². The maximum Gasteiger partial charge on any atom is 0.250 e. The number of hydrazone groups is 1. The molecule has 1 heterocycles. The molecule has 0 spiro atoms. The third-order valence-corrected chi connectivity index (χ3v) is 7.37. The van der Waals surface area contributed by atoms with E-state index in [0.717, 1.165) is 30.5 Å². The predicted octanol–water partition coefficient (Wildman–Crippen LogP) is 6.19. The van der Waals surface area contributed by atoms with Crippen molar-refractivity contribution in [2.24, 2.45) is 5.10 Å². The van der Waals surface area contributed by atoms with E-state index in [-0.39, 0.29) is 11.7 Å². The van der Waals surface area contributed by atoms with Crippen molar-refractivity contribution in [3.05, 3.63) is 88.4 Å². The number of benzene rings is 3. The van der Waals surface area contributed by atoms with Crippen molar-refractivity contribution < 1.29 is 14.3 Å². The summed E-state index contributed by atoms with van der Waals surface area (Å²) >= 11 is 6.21. The average Bonchev–Trinajstić information content (AvgIpc) is 3.38. The summed E-state index contributed by atoms with van der Waals surface area (Å²) in [6, 6.07) is 23.3. The number of halogens is 1. The van der Waals surface area contributed by atoms with E-state index in [1.165, 1.54) is 23.1 Å². The minimum absolute atomic E-state index is 0.188. The highest BCUT2D eigenvalue weighted by molar-refractivity contribution is 9.10. The summed E-state index contributed by atoms with van der Waals surface area (Å²) in [5, 5.41) is 13.2. The molecule has 0 aliphatic rings. The molecule has 0 fully saturated rings. The Morgan fingerprint density at radius 1 is 1.06 bits per heavy atom. The van der Waals surface area contributed by atoms with Crippen molar-refractivity contribution in [1.29, 1.82) is 0 Å². The molecule has 0 saturated heterocycles. The minimum Gasteiger partial charge on any atom is -0.490 e. The van der Waals surface area contributed by atoms with Crippen LogP contribution in [0.15, 0.2) is 86.7 Å².